The number of hydrogen-bond donors (Lipinski definition) is 0. The smallest absolute Gasteiger partial charge is 0.290 e. The topological polar surface area (TPSA) is 72.2 Å². The molecule has 37 heavy (non-hydrogen) atoms. The number of methoxy groups -OCH3 is 1. The molecule has 0 spiro atoms. The molecule has 1 amide bonds. The second-order valence-corrected chi connectivity index (χ2v) is 9.41. The van der Waals surface area contributed by atoms with Gasteiger partial charge in [-0.05, 0) is 62.5 Å². The van der Waals surface area contributed by atoms with Gasteiger partial charge in [-0.1, -0.05) is 48.5 Å². The maximum absolute atomic E-state index is 13.7. The molecular formula is C30H30N2O5. The van der Waals surface area contributed by atoms with Crippen molar-refractivity contribution in [2.75, 3.05) is 34.3 Å². The highest BCUT2D eigenvalue weighted by Crippen LogP contribution is 2.41. The maximum Gasteiger partial charge on any atom is 0.290 e. The van der Waals surface area contributed by atoms with Gasteiger partial charge in [0.1, 0.15) is 12.2 Å². The van der Waals surface area contributed by atoms with Gasteiger partial charge in [0.15, 0.2) is 16.9 Å². The van der Waals surface area contributed by atoms with Crippen LogP contribution in [0.3, 0.4) is 0 Å². The molecule has 4 aromatic rings. The van der Waals surface area contributed by atoms with Crippen LogP contribution in [0.1, 0.15) is 39.7 Å². The monoisotopic (exact) mass is 498 g/mol. The maximum atomic E-state index is 13.7. The van der Waals surface area contributed by atoms with Crippen LogP contribution in [-0.2, 0) is 6.61 Å². The molecule has 2 heterocycles. The van der Waals surface area contributed by atoms with Gasteiger partial charge in [0.25, 0.3) is 5.91 Å². The van der Waals surface area contributed by atoms with Crippen molar-refractivity contribution in [3.8, 4) is 11.5 Å². The van der Waals surface area contributed by atoms with E-state index in [0.717, 1.165) is 24.1 Å². The fraction of sp³-hybridized carbons (Fsp3) is 0.267. The van der Waals surface area contributed by atoms with E-state index < -0.39 is 6.04 Å². The molecule has 1 aliphatic heterocycles. The second kappa shape index (κ2) is 10.5. The van der Waals surface area contributed by atoms with Gasteiger partial charge < -0.3 is 23.7 Å². The Morgan fingerprint density at radius 3 is 2.46 bits per heavy atom. The van der Waals surface area contributed by atoms with Crippen molar-refractivity contribution < 1.29 is 18.7 Å². The van der Waals surface area contributed by atoms with Gasteiger partial charge in [0.2, 0.25) is 5.76 Å². The number of rotatable bonds is 9. The largest absolute Gasteiger partial charge is 0.493 e. The van der Waals surface area contributed by atoms with Crippen molar-refractivity contribution in [1.29, 1.82) is 0 Å². The number of carbonyl (C=O) groups is 1. The summed E-state index contributed by atoms with van der Waals surface area (Å²) in [5.74, 6) is 0.962. The number of hydrogen-bond acceptors (Lipinski definition) is 6. The van der Waals surface area contributed by atoms with Crippen LogP contribution in [0.2, 0.25) is 0 Å². The lowest BCUT2D eigenvalue weighted by atomic mass is 9.98. The van der Waals surface area contributed by atoms with E-state index in [0.29, 0.717) is 41.2 Å². The molecule has 1 aliphatic rings. The molecule has 3 aromatic carbocycles. The van der Waals surface area contributed by atoms with Gasteiger partial charge in [-0.15, -0.1) is 0 Å². The number of amides is 1. The molecule has 0 saturated heterocycles. The summed E-state index contributed by atoms with van der Waals surface area (Å²) < 4.78 is 17.7. The molecule has 0 fully saturated rings. The van der Waals surface area contributed by atoms with Crippen LogP contribution >= 0.6 is 0 Å². The summed E-state index contributed by atoms with van der Waals surface area (Å²) in [5, 5.41) is 0.462. The van der Waals surface area contributed by atoms with E-state index in [1.807, 2.05) is 62.6 Å². The zero-order chi connectivity index (χ0) is 25.9. The van der Waals surface area contributed by atoms with Crippen LogP contribution in [0.4, 0.5) is 0 Å². The number of ether oxygens (including phenoxy) is 2. The van der Waals surface area contributed by atoms with Crippen LogP contribution in [0, 0.1) is 0 Å². The first-order chi connectivity index (χ1) is 18.0. The molecule has 1 atom stereocenters. The molecule has 7 nitrogen and oxygen atoms in total. The molecule has 5 rings (SSSR count). The molecule has 0 aliphatic carbocycles. The highest BCUT2D eigenvalue weighted by atomic mass is 16.5. The van der Waals surface area contributed by atoms with Crippen molar-refractivity contribution in [1.82, 2.24) is 9.80 Å². The van der Waals surface area contributed by atoms with Crippen molar-refractivity contribution >= 4 is 16.9 Å². The Bertz CT molecular complexity index is 1480. The lowest BCUT2D eigenvalue weighted by molar-refractivity contribution is 0.0722. The van der Waals surface area contributed by atoms with Crippen molar-refractivity contribution in [3.05, 3.63) is 105 Å². The van der Waals surface area contributed by atoms with Gasteiger partial charge in [0, 0.05) is 6.54 Å². The number of fused-ring (bicyclic) bond motifs is 2. The molecular weight excluding hydrogens is 468 g/mol. The molecule has 0 N–H and O–H groups in total. The van der Waals surface area contributed by atoms with E-state index >= 15 is 0 Å². The highest BCUT2D eigenvalue weighted by Gasteiger charge is 2.42. The molecule has 190 valence electrons. The van der Waals surface area contributed by atoms with Gasteiger partial charge in [-0.3, -0.25) is 9.59 Å². The van der Waals surface area contributed by atoms with Crippen LogP contribution in [0.5, 0.6) is 11.5 Å². The number of carbonyl (C=O) groups excluding carboxylic acids is 1. The Labute approximate surface area is 215 Å². The minimum absolute atomic E-state index is 0.113. The zero-order valence-electron chi connectivity index (χ0n) is 21.3. The quantitative estimate of drug-likeness (QED) is 0.328. The minimum atomic E-state index is -0.581. The summed E-state index contributed by atoms with van der Waals surface area (Å²) in [4.78, 5) is 31.0. The lowest BCUT2D eigenvalue weighted by Gasteiger charge is -2.26. The van der Waals surface area contributed by atoms with Gasteiger partial charge in [-0.25, -0.2) is 0 Å². The molecule has 0 bridgehead atoms. The first-order valence-electron chi connectivity index (χ1n) is 12.3. The Morgan fingerprint density at radius 1 is 0.946 bits per heavy atom. The summed E-state index contributed by atoms with van der Waals surface area (Å²) in [6.45, 7) is 1.69. The third-order valence-corrected chi connectivity index (χ3v) is 6.62. The predicted molar refractivity (Wildman–Crippen MR) is 142 cm³/mol. The van der Waals surface area contributed by atoms with E-state index in [9.17, 15) is 9.59 Å². The predicted octanol–water partition coefficient (Wildman–Crippen LogP) is 4.88. The zero-order valence-corrected chi connectivity index (χ0v) is 21.3. The normalized spacial score (nSPS) is 14.9. The van der Waals surface area contributed by atoms with Gasteiger partial charge in [-0.2, -0.15) is 0 Å². The SMILES string of the molecule is COc1cc([C@H]2c3c(oc4ccccc4c3=O)C(=O)N2CCCN(C)C)ccc1OCc1ccccc1. The minimum Gasteiger partial charge on any atom is -0.493 e. The number of nitrogens with zero attached hydrogens (tertiary/aromatic N) is 2. The van der Waals surface area contributed by atoms with Crippen LogP contribution in [0.25, 0.3) is 11.0 Å². The van der Waals surface area contributed by atoms with E-state index in [1.165, 1.54) is 0 Å². The summed E-state index contributed by atoms with van der Waals surface area (Å²) in [6, 6.07) is 21.9. The van der Waals surface area contributed by atoms with E-state index in [4.69, 9.17) is 13.9 Å². The summed E-state index contributed by atoms with van der Waals surface area (Å²) in [6.07, 6.45) is 0.756. The Morgan fingerprint density at radius 2 is 1.70 bits per heavy atom. The fourth-order valence-corrected chi connectivity index (χ4v) is 4.81. The fourth-order valence-electron chi connectivity index (χ4n) is 4.81. The summed E-state index contributed by atoms with van der Waals surface area (Å²) in [5.41, 5.74) is 2.40. The highest BCUT2D eigenvalue weighted by molar-refractivity contribution is 5.99. The molecule has 0 radical (unpaired) electrons. The van der Waals surface area contributed by atoms with E-state index in [-0.39, 0.29) is 17.1 Å². The Hall–Kier alpha value is -4.10. The van der Waals surface area contributed by atoms with E-state index in [2.05, 4.69) is 4.90 Å². The summed E-state index contributed by atoms with van der Waals surface area (Å²) in [7, 11) is 5.57. The number of para-hydroxylation sites is 1. The number of benzene rings is 3. The summed E-state index contributed by atoms with van der Waals surface area (Å²) >= 11 is 0. The Kier molecular flexibility index (Phi) is 6.97. The third kappa shape index (κ3) is 4.82. The molecule has 0 unspecified atom stereocenters. The van der Waals surface area contributed by atoms with Crippen LogP contribution in [-0.4, -0.2) is 50.0 Å². The van der Waals surface area contributed by atoms with Gasteiger partial charge in [0.05, 0.1) is 24.1 Å². The average molecular weight is 499 g/mol. The van der Waals surface area contributed by atoms with Crippen molar-refractivity contribution in [3.63, 3.8) is 0 Å². The van der Waals surface area contributed by atoms with Crippen LogP contribution in [0.15, 0.2) is 82.0 Å². The Balaban J connectivity index is 1.55. The first kappa shape index (κ1) is 24.6. The van der Waals surface area contributed by atoms with Crippen molar-refractivity contribution in [2.45, 2.75) is 19.1 Å². The molecule has 1 aromatic heterocycles. The van der Waals surface area contributed by atoms with E-state index in [1.54, 1.807) is 36.3 Å². The van der Waals surface area contributed by atoms with Crippen molar-refractivity contribution in [2.24, 2.45) is 0 Å². The molecule has 7 heteroatoms. The third-order valence-electron chi connectivity index (χ3n) is 6.62. The lowest BCUT2D eigenvalue weighted by Crippen LogP contribution is -2.32. The first-order valence-corrected chi connectivity index (χ1v) is 12.3. The van der Waals surface area contributed by atoms with Gasteiger partial charge >= 0.3 is 0 Å². The second-order valence-electron chi connectivity index (χ2n) is 9.41. The molecule has 0 saturated carbocycles. The standard InChI is InChI=1S/C30H30N2O5/c1-31(2)16-9-17-32-27(26-28(33)22-12-7-8-13-23(22)37-29(26)30(32)34)21-14-15-24(25(18-21)35-3)36-19-20-10-5-4-6-11-20/h4-8,10-15,18,27H,9,16-17,19H2,1-3H3/t27-/m0/s1. The average Bonchev–Trinajstić information content (AvgIpc) is 3.19. The van der Waals surface area contributed by atoms with Crippen LogP contribution < -0.4 is 14.9 Å².